The average molecular weight is 271 g/mol. The summed E-state index contributed by atoms with van der Waals surface area (Å²) in [7, 11) is 0. The van der Waals surface area contributed by atoms with Gasteiger partial charge in [-0.1, -0.05) is 17.7 Å². The Hall–Kier alpha value is -2.36. The normalized spacial score (nSPS) is 10.3. The van der Waals surface area contributed by atoms with Gasteiger partial charge in [-0.25, -0.2) is 4.39 Å². The second kappa shape index (κ2) is 5.74. The predicted octanol–water partition coefficient (Wildman–Crippen LogP) is 3.58. The Bertz CT molecular complexity index is 620. The molecule has 0 heterocycles. The van der Waals surface area contributed by atoms with E-state index in [1.807, 2.05) is 43.0 Å². The van der Waals surface area contributed by atoms with Gasteiger partial charge in [0.25, 0.3) is 0 Å². The molecule has 0 aliphatic heterocycles. The average Bonchev–Trinajstić information content (AvgIpc) is 2.43. The van der Waals surface area contributed by atoms with Crippen molar-refractivity contribution in [1.29, 1.82) is 5.41 Å². The minimum Gasteiger partial charge on any atom is -0.384 e. The van der Waals surface area contributed by atoms with Crippen LogP contribution < -0.4 is 10.6 Å². The predicted molar refractivity (Wildman–Crippen MR) is 81.3 cm³/mol. The molecule has 0 radical (unpaired) electrons. The lowest BCUT2D eigenvalue weighted by atomic mass is 10.1. The fraction of sp³-hybridized carbons (Fsp3) is 0.188. The first-order chi connectivity index (χ1) is 9.52. The first kappa shape index (κ1) is 14.1. The van der Waals surface area contributed by atoms with Crippen molar-refractivity contribution in [3.8, 4) is 0 Å². The molecular formula is C16H18FN3. The van der Waals surface area contributed by atoms with E-state index < -0.39 is 0 Å². The van der Waals surface area contributed by atoms with Gasteiger partial charge in [0.2, 0.25) is 0 Å². The molecule has 0 fully saturated rings. The second-order valence-corrected chi connectivity index (χ2v) is 4.66. The summed E-state index contributed by atoms with van der Waals surface area (Å²) in [5.74, 6) is -0.506. The first-order valence-corrected chi connectivity index (χ1v) is 6.51. The van der Waals surface area contributed by atoms with E-state index in [9.17, 15) is 4.39 Å². The Balaban J connectivity index is 2.41. The van der Waals surface area contributed by atoms with Crippen LogP contribution in [0.1, 0.15) is 18.1 Å². The monoisotopic (exact) mass is 271 g/mol. The summed E-state index contributed by atoms with van der Waals surface area (Å²) in [5.41, 5.74) is 8.36. The fourth-order valence-electron chi connectivity index (χ4n) is 2.11. The van der Waals surface area contributed by atoms with Gasteiger partial charge in [-0.15, -0.1) is 0 Å². The number of halogens is 1. The van der Waals surface area contributed by atoms with E-state index in [1.165, 1.54) is 6.07 Å². The maximum absolute atomic E-state index is 14.2. The smallest absolute Gasteiger partial charge is 0.147 e. The molecule has 2 aromatic rings. The number of nitrogen functional groups attached to an aromatic ring is 1. The van der Waals surface area contributed by atoms with Gasteiger partial charge in [-0.05, 0) is 44.2 Å². The third kappa shape index (κ3) is 2.79. The summed E-state index contributed by atoms with van der Waals surface area (Å²) < 4.78 is 14.2. The number of nitrogens with zero attached hydrogens (tertiary/aromatic N) is 1. The van der Waals surface area contributed by atoms with Crippen LogP contribution in [0.3, 0.4) is 0 Å². The van der Waals surface area contributed by atoms with Gasteiger partial charge in [-0.3, -0.25) is 5.41 Å². The molecule has 0 aliphatic rings. The molecule has 0 spiro atoms. The molecule has 0 aliphatic carbocycles. The first-order valence-electron chi connectivity index (χ1n) is 6.51. The third-order valence-corrected chi connectivity index (χ3v) is 3.21. The zero-order valence-electron chi connectivity index (χ0n) is 11.7. The lowest BCUT2D eigenvalue weighted by molar-refractivity contribution is 0.625. The molecule has 4 heteroatoms. The number of anilines is 2. The van der Waals surface area contributed by atoms with E-state index in [4.69, 9.17) is 11.1 Å². The Morgan fingerprint density at radius 2 is 1.85 bits per heavy atom. The van der Waals surface area contributed by atoms with Gasteiger partial charge >= 0.3 is 0 Å². The zero-order valence-corrected chi connectivity index (χ0v) is 11.7. The Labute approximate surface area is 118 Å². The number of nitrogens with two attached hydrogens (primary N) is 1. The minimum absolute atomic E-state index is 0.131. The van der Waals surface area contributed by atoms with E-state index in [1.54, 1.807) is 12.1 Å². The summed E-state index contributed by atoms with van der Waals surface area (Å²) >= 11 is 0. The van der Waals surface area contributed by atoms with Crippen LogP contribution in [0.25, 0.3) is 0 Å². The maximum Gasteiger partial charge on any atom is 0.147 e. The van der Waals surface area contributed by atoms with Gasteiger partial charge in [-0.2, -0.15) is 0 Å². The molecule has 20 heavy (non-hydrogen) atoms. The lowest BCUT2D eigenvalue weighted by Crippen LogP contribution is -2.18. The molecule has 2 aromatic carbocycles. The largest absolute Gasteiger partial charge is 0.384 e. The highest BCUT2D eigenvalue weighted by atomic mass is 19.1. The number of aryl methyl sites for hydroxylation is 1. The van der Waals surface area contributed by atoms with Crippen molar-refractivity contribution in [2.75, 3.05) is 11.4 Å². The molecule has 2 rings (SSSR count). The summed E-state index contributed by atoms with van der Waals surface area (Å²) in [6, 6.07) is 12.6. The Kier molecular flexibility index (Phi) is 4.03. The van der Waals surface area contributed by atoms with Crippen molar-refractivity contribution in [2.24, 2.45) is 5.73 Å². The van der Waals surface area contributed by atoms with Crippen LogP contribution >= 0.6 is 0 Å². The summed E-state index contributed by atoms with van der Waals surface area (Å²) in [4.78, 5) is 1.89. The van der Waals surface area contributed by atoms with Gasteiger partial charge in [0.1, 0.15) is 11.7 Å². The third-order valence-electron chi connectivity index (χ3n) is 3.21. The maximum atomic E-state index is 14.2. The fourth-order valence-corrected chi connectivity index (χ4v) is 2.11. The number of benzene rings is 2. The zero-order chi connectivity index (χ0) is 14.7. The van der Waals surface area contributed by atoms with E-state index >= 15 is 0 Å². The number of nitrogens with one attached hydrogen (secondary N) is 1. The van der Waals surface area contributed by atoms with Crippen molar-refractivity contribution in [1.82, 2.24) is 0 Å². The van der Waals surface area contributed by atoms with Crippen LogP contribution in [-0.2, 0) is 0 Å². The molecule has 3 N–H and O–H groups in total. The Morgan fingerprint density at radius 1 is 1.20 bits per heavy atom. The summed E-state index contributed by atoms with van der Waals surface area (Å²) in [5, 5.41) is 7.34. The van der Waals surface area contributed by atoms with E-state index in [0.29, 0.717) is 17.8 Å². The number of hydrogen-bond acceptors (Lipinski definition) is 2. The topological polar surface area (TPSA) is 53.1 Å². The SMILES string of the molecule is CCN(c1ccc(C)cc1)c1ccc(C(=N)N)cc1F. The van der Waals surface area contributed by atoms with Crippen LogP contribution in [0.4, 0.5) is 15.8 Å². The quantitative estimate of drug-likeness (QED) is 0.659. The Morgan fingerprint density at radius 3 is 2.35 bits per heavy atom. The van der Waals surface area contributed by atoms with E-state index in [2.05, 4.69) is 0 Å². The molecule has 0 unspecified atom stereocenters. The van der Waals surface area contributed by atoms with Crippen LogP contribution in [0.2, 0.25) is 0 Å². The number of amidine groups is 1. The van der Waals surface area contributed by atoms with E-state index in [0.717, 1.165) is 11.3 Å². The van der Waals surface area contributed by atoms with Crippen molar-refractivity contribution >= 4 is 17.2 Å². The van der Waals surface area contributed by atoms with Crippen LogP contribution in [0, 0.1) is 18.2 Å². The van der Waals surface area contributed by atoms with E-state index in [-0.39, 0.29) is 11.7 Å². The van der Waals surface area contributed by atoms with Crippen molar-refractivity contribution in [2.45, 2.75) is 13.8 Å². The molecule has 3 nitrogen and oxygen atoms in total. The van der Waals surface area contributed by atoms with Crippen LogP contribution in [0.15, 0.2) is 42.5 Å². The van der Waals surface area contributed by atoms with Crippen molar-refractivity contribution in [3.63, 3.8) is 0 Å². The molecule has 0 bridgehead atoms. The second-order valence-electron chi connectivity index (χ2n) is 4.66. The summed E-state index contributed by atoms with van der Waals surface area (Å²) in [6.07, 6.45) is 0. The number of rotatable bonds is 4. The molecule has 0 amide bonds. The van der Waals surface area contributed by atoms with Gasteiger partial charge in [0.05, 0.1) is 5.69 Å². The summed E-state index contributed by atoms with van der Waals surface area (Å²) in [6.45, 7) is 4.64. The number of hydrogen-bond donors (Lipinski definition) is 2. The highest BCUT2D eigenvalue weighted by molar-refractivity contribution is 5.95. The molecule has 0 saturated carbocycles. The molecule has 0 saturated heterocycles. The lowest BCUT2D eigenvalue weighted by Gasteiger charge is -2.24. The van der Waals surface area contributed by atoms with Crippen LogP contribution in [0.5, 0.6) is 0 Å². The molecule has 0 atom stereocenters. The van der Waals surface area contributed by atoms with Gasteiger partial charge in [0.15, 0.2) is 0 Å². The highest BCUT2D eigenvalue weighted by Gasteiger charge is 2.13. The highest BCUT2D eigenvalue weighted by Crippen LogP contribution is 2.28. The van der Waals surface area contributed by atoms with Crippen molar-refractivity contribution in [3.05, 3.63) is 59.4 Å². The minimum atomic E-state index is -0.375. The molecular weight excluding hydrogens is 253 g/mol. The molecule has 104 valence electrons. The van der Waals surface area contributed by atoms with Crippen LogP contribution in [-0.4, -0.2) is 12.4 Å². The van der Waals surface area contributed by atoms with Gasteiger partial charge in [0, 0.05) is 17.8 Å². The standard InChI is InChI=1S/C16H18FN3/c1-3-20(13-7-4-11(2)5-8-13)15-9-6-12(16(18)19)10-14(15)17/h4-10H,3H2,1-2H3,(H3,18,19). The van der Waals surface area contributed by atoms with Crippen molar-refractivity contribution < 1.29 is 4.39 Å². The van der Waals surface area contributed by atoms with Gasteiger partial charge < -0.3 is 10.6 Å². The molecule has 0 aromatic heterocycles.